The summed E-state index contributed by atoms with van der Waals surface area (Å²) in [7, 11) is 0. The predicted octanol–water partition coefficient (Wildman–Crippen LogP) is 3.03. The summed E-state index contributed by atoms with van der Waals surface area (Å²) in [5, 5.41) is 19.0. The van der Waals surface area contributed by atoms with E-state index in [-0.39, 0.29) is 12.1 Å². The van der Waals surface area contributed by atoms with E-state index in [9.17, 15) is 5.11 Å². The number of nitrogens with zero attached hydrogens (tertiary/aromatic N) is 3. The summed E-state index contributed by atoms with van der Waals surface area (Å²) in [5.74, 6) is 1.23. The number of piperidine rings is 1. The standard InChI is InChI=1S/C21H29N3O4/c25-17(15-26-14-16-7-2-1-3-8-16)13-24-11-5-4-9-18(24)20-22-23-21(28-20)19-10-6-12-27-19/h1-3,7-8,17-19,25H,4-6,9-15H2/t17-,18+,19-/m1/s1. The van der Waals surface area contributed by atoms with Crippen LogP contribution in [0.1, 0.15) is 61.6 Å². The molecule has 3 heterocycles. The average molecular weight is 387 g/mol. The minimum Gasteiger partial charge on any atom is -0.421 e. The largest absolute Gasteiger partial charge is 0.421 e. The van der Waals surface area contributed by atoms with Gasteiger partial charge in [-0.25, -0.2) is 0 Å². The molecule has 28 heavy (non-hydrogen) atoms. The normalized spacial score (nSPS) is 24.5. The van der Waals surface area contributed by atoms with Gasteiger partial charge in [0.05, 0.1) is 25.4 Å². The second-order valence-electron chi connectivity index (χ2n) is 7.64. The number of ether oxygens (including phenoxy) is 2. The number of rotatable bonds is 8. The van der Waals surface area contributed by atoms with Crippen LogP contribution in [0.4, 0.5) is 0 Å². The van der Waals surface area contributed by atoms with E-state index >= 15 is 0 Å². The molecule has 2 aliphatic heterocycles. The third kappa shape index (κ3) is 4.97. The first-order valence-electron chi connectivity index (χ1n) is 10.3. The molecule has 152 valence electrons. The number of aliphatic hydroxyl groups excluding tert-OH is 1. The fourth-order valence-corrected chi connectivity index (χ4v) is 3.98. The van der Waals surface area contributed by atoms with Crippen LogP contribution in [0.2, 0.25) is 0 Å². The molecule has 1 aromatic carbocycles. The van der Waals surface area contributed by atoms with Crippen molar-refractivity contribution in [1.29, 1.82) is 0 Å². The Morgan fingerprint density at radius 2 is 1.96 bits per heavy atom. The van der Waals surface area contributed by atoms with Crippen LogP contribution in [-0.2, 0) is 16.1 Å². The highest BCUT2D eigenvalue weighted by Gasteiger charge is 2.31. The molecule has 1 aromatic heterocycles. The molecular formula is C21H29N3O4. The third-order valence-electron chi connectivity index (χ3n) is 5.43. The molecule has 0 saturated carbocycles. The van der Waals surface area contributed by atoms with E-state index in [4.69, 9.17) is 13.9 Å². The van der Waals surface area contributed by atoms with Gasteiger partial charge in [-0.3, -0.25) is 4.90 Å². The van der Waals surface area contributed by atoms with E-state index in [1.807, 2.05) is 30.3 Å². The van der Waals surface area contributed by atoms with Crippen molar-refractivity contribution in [2.24, 2.45) is 0 Å². The SMILES string of the molecule is O[C@@H](COCc1ccccc1)CN1CCCC[C@H]1c1nnc([C@H]2CCCO2)o1. The predicted molar refractivity (Wildman–Crippen MR) is 102 cm³/mol. The van der Waals surface area contributed by atoms with E-state index in [0.29, 0.717) is 31.5 Å². The Bertz CT molecular complexity index is 717. The van der Waals surface area contributed by atoms with Gasteiger partial charge in [-0.05, 0) is 37.8 Å². The summed E-state index contributed by atoms with van der Waals surface area (Å²) < 4.78 is 17.3. The highest BCUT2D eigenvalue weighted by Crippen LogP contribution is 2.33. The van der Waals surface area contributed by atoms with Gasteiger partial charge in [-0.15, -0.1) is 10.2 Å². The van der Waals surface area contributed by atoms with E-state index in [2.05, 4.69) is 15.1 Å². The molecule has 2 aromatic rings. The molecule has 3 atom stereocenters. The van der Waals surface area contributed by atoms with Crippen LogP contribution in [0.25, 0.3) is 0 Å². The molecule has 0 aliphatic carbocycles. The van der Waals surface area contributed by atoms with Gasteiger partial charge in [0, 0.05) is 13.2 Å². The first-order valence-corrected chi connectivity index (χ1v) is 10.3. The minimum atomic E-state index is -0.551. The second-order valence-corrected chi connectivity index (χ2v) is 7.64. The summed E-state index contributed by atoms with van der Waals surface area (Å²) in [6.45, 7) is 3.03. The summed E-state index contributed by atoms with van der Waals surface area (Å²) in [6, 6.07) is 10.1. The lowest BCUT2D eigenvalue weighted by atomic mass is 10.0. The Labute approximate surface area is 165 Å². The van der Waals surface area contributed by atoms with E-state index in [1.165, 1.54) is 0 Å². The summed E-state index contributed by atoms with van der Waals surface area (Å²) in [6.07, 6.45) is 4.56. The first-order chi connectivity index (χ1) is 13.8. The monoisotopic (exact) mass is 387 g/mol. The van der Waals surface area contributed by atoms with Crippen LogP contribution < -0.4 is 0 Å². The average Bonchev–Trinajstić information content (AvgIpc) is 3.41. The van der Waals surface area contributed by atoms with Crippen LogP contribution in [0.15, 0.2) is 34.7 Å². The molecule has 2 aliphatic rings. The van der Waals surface area contributed by atoms with Crippen LogP contribution in [0.3, 0.4) is 0 Å². The highest BCUT2D eigenvalue weighted by atomic mass is 16.5. The number of hydrogen-bond acceptors (Lipinski definition) is 7. The Kier molecular flexibility index (Phi) is 6.69. The fourth-order valence-electron chi connectivity index (χ4n) is 3.98. The Morgan fingerprint density at radius 3 is 2.79 bits per heavy atom. The van der Waals surface area contributed by atoms with Gasteiger partial charge < -0.3 is 19.0 Å². The van der Waals surface area contributed by atoms with Crippen molar-refractivity contribution >= 4 is 0 Å². The van der Waals surface area contributed by atoms with Crippen LogP contribution in [0, 0.1) is 0 Å². The molecule has 0 amide bonds. The maximum Gasteiger partial charge on any atom is 0.245 e. The highest BCUT2D eigenvalue weighted by molar-refractivity contribution is 5.13. The maximum absolute atomic E-state index is 10.5. The molecule has 0 unspecified atom stereocenters. The lowest BCUT2D eigenvalue weighted by Crippen LogP contribution is -2.40. The molecule has 1 N–H and O–H groups in total. The Hall–Kier alpha value is -1.80. The van der Waals surface area contributed by atoms with Crippen LogP contribution in [0.5, 0.6) is 0 Å². The molecule has 2 fully saturated rings. The number of likely N-dealkylation sites (tertiary alicyclic amines) is 1. The number of hydrogen-bond donors (Lipinski definition) is 1. The van der Waals surface area contributed by atoms with Crippen LogP contribution >= 0.6 is 0 Å². The lowest BCUT2D eigenvalue weighted by Gasteiger charge is -2.34. The zero-order chi connectivity index (χ0) is 19.2. The number of aromatic nitrogens is 2. The number of benzene rings is 1. The molecule has 0 radical (unpaired) electrons. The summed E-state index contributed by atoms with van der Waals surface area (Å²) in [5.41, 5.74) is 1.11. The van der Waals surface area contributed by atoms with Crippen molar-refractivity contribution in [3.8, 4) is 0 Å². The summed E-state index contributed by atoms with van der Waals surface area (Å²) in [4.78, 5) is 2.24. The van der Waals surface area contributed by atoms with Crippen molar-refractivity contribution in [2.45, 2.75) is 57.0 Å². The van der Waals surface area contributed by atoms with Gasteiger partial charge in [-0.2, -0.15) is 0 Å². The van der Waals surface area contributed by atoms with Gasteiger partial charge in [-0.1, -0.05) is 36.8 Å². The molecule has 7 heteroatoms. The fraction of sp³-hybridized carbons (Fsp3) is 0.619. The minimum absolute atomic E-state index is 0.0557. The first kappa shape index (κ1) is 19.5. The molecule has 7 nitrogen and oxygen atoms in total. The molecule has 4 rings (SSSR count). The van der Waals surface area contributed by atoms with Crippen molar-refractivity contribution < 1.29 is 19.0 Å². The molecule has 0 spiro atoms. The van der Waals surface area contributed by atoms with E-state index < -0.39 is 6.10 Å². The topological polar surface area (TPSA) is 80.9 Å². The van der Waals surface area contributed by atoms with Crippen molar-refractivity contribution in [3.63, 3.8) is 0 Å². The second kappa shape index (κ2) is 9.60. The zero-order valence-corrected chi connectivity index (χ0v) is 16.2. The summed E-state index contributed by atoms with van der Waals surface area (Å²) >= 11 is 0. The Balaban J connectivity index is 1.30. The van der Waals surface area contributed by atoms with E-state index in [1.54, 1.807) is 0 Å². The molecular weight excluding hydrogens is 358 g/mol. The lowest BCUT2D eigenvalue weighted by molar-refractivity contribution is -0.00739. The zero-order valence-electron chi connectivity index (χ0n) is 16.2. The third-order valence-corrected chi connectivity index (χ3v) is 5.43. The quantitative estimate of drug-likeness (QED) is 0.746. The maximum atomic E-state index is 10.5. The van der Waals surface area contributed by atoms with Gasteiger partial charge in [0.2, 0.25) is 11.8 Å². The van der Waals surface area contributed by atoms with Crippen molar-refractivity contribution in [2.75, 3.05) is 26.3 Å². The molecule has 2 saturated heterocycles. The van der Waals surface area contributed by atoms with Gasteiger partial charge in [0.15, 0.2) is 0 Å². The number of β-amino-alcohol motifs (C(OH)–C–C–N with tert-alkyl or cyclic N) is 1. The number of aliphatic hydroxyl groups is 1. The van der Waals surface area contributed by atoms with Gasteiger partial charge >= 0.3 is 0 Å². The van der Waals surface area contributed by atoms with Gasteiger partial charge in [0.25, 0.3) is 0 Å². The van der Waals surface area contributed by atoms with Crippen LogP contribution in [-0.4, -0.2) is 52.6 Å². The smallest absolute Gasteiger partial charge is 0.245 e. The Morgan fingerprint density at radius 1 is 1.11 bits per heavy atom. The van der Waals surface area contributed by atoms with Gasteiger partial charge in [0.1, 0.15) is 6.10 Å². The van der Waals surface area contributed by atoms with Crippen molar-refractivity contribution in [3.05, 3.63) is 47.7 Å². The molecule has 0 bridgehead atoms. The van der Waals surface area contributed by atoms with E-state index in [0.717, 1.165) is 50.8 Å². The van der Waals surface area contributed by atoms with Crippen molar-refractivity contribution in [1.82, 2.24) is 15.1 Å².